The van der Waals surface area contributed by atoms with Gasteiger partial charge in [0.2, 0.25) is 5.95 Å². The number of hydrogen-bond acceptors (Lipinski definition) is 7. The van der Waals surface area contributed by atoms with Crippen molar-refractivity contribution in [1.82, 2.24) is 9.97 Å². The molecule has 7 nitrogen and oxygen atoms in total. The van der Waals surface area contributed by atoms with Gasteiger partial charge in [0.1, 0.15) is 5.82 Å². The summed E-state index contributed by atoms with van der Waals surface area (Å²) in [5.74, 6) is 4.79. The van der Waals surface area contributed by atoms with Crippen molar-refractivity contribution in [2.45, 2.75) is 12.6 Å². The summed E-state index contributed by atoms with van der Waals surface area (Å²) in [6.45, 7) is 1.85. The second-order valence-electron chi connectivity index (χ2n) is 3.99. The van der Waals surface area contributed by atoms with Crippen LogP contribution in [-0.2, 0) is 15.7 Å². The zero-order valence-corrected chi connectivity index (χ0v) is 11.5. The molecule has 21 heavy (non-hydrogen) atoms. The largest absolute Gasteiger partial charge is 0.433 e. The molecule has 0 fully saturated rings. The van der Waals surface area contributed by atoms with Crippen LogP contribution < -0.4 is 16.6 Å². The minimum atomic E-state index is -4.56. The molecule has 0 aliphatic rings. The van der Waals surface area contributed by atoms with E-state index in [-0.39, 0.29) is 11.8 Å². The number of hydrogen-bond donors (Lipinski definition) is 3. The minimum Gasteiger partial charge on any atom is -0.382 e. The Kier molecular flexibility index (Phi) is 7.12. The van der Waals surface area contributed by atoms with E-state index in [9.17, 15) is 13.2 Å². The summed E-state index contributed by atoms with van der Waals surface area (Å²) in [7, 11) is 1.57. The van der Waals surface area contributed by atoms with Gasteiger partial charge in [0.25, 0.3) is 0 Å². The van der Waals surface area contributed by atoms with Gasteiger partial charge in [-0.25, -0.2) is 10.8 Å². The van der Waals surface area contributed by atoms with E-state index in [1.165, 1.54) is 0 Å². The SMILES string of the molecule is COCCOCCCNc1cc(C(F)(F)F)nc(NN)n1. The van der Waals surface area contributed by atoms with Gasteiger partial charge < -0.3 is 14.8 Å². The number of halogens is 3. The van der Waals surface area contributed by atoms with Gasteiger partial charge in [-0.15, -0.1) is 0 Å². The molecule has 1 heterocycles. The van der Waals surface area contributed by atoms with E-state index in [2.05, 4.69) is 15.3 Å². The van der Waals surface area contributed by atoms with Gasteiger partial charge >= 0.3 is 6.18 Å². The molecule has 0 saturated carbocycles. The molecule has 0 atom stereocenters. The number of ether oxygens (including phenoxy) is 2. The number of methoxy groups -OCH3 is 1. The van der Waals surface area contributed by atoms with Crippen LogP contribution in [0.15, 0.2) is 6.07 Å². The van der Waals surface area contributed by atoms with Crippen LogP contribution in [0, 0.1) is 0 Å². The van der Waals surface area contributed by atoms with Gasteiger partial charge in [-0.05, 0) is 6.42 Å². The third-order valence-electron chi connectivity index (χ3n) is 2.35. The second-order valence-corrected chi connectivity index (χ2v) is 3.99. The smallest absolute Gasteiger partial charge is 0.382 e. The van der Waals surface area contributed by atoms with Gasteiger partial charge in [0.05, 0.1) is 13.2 Å². The lowest BCUT2D eigenvalue weighted by Gasteiger charge is -2.11. The quantitative estimate of drug-likeness (QED) is 0.359. The van der Waals surface area contributed by atoms with Crippen LogP contribution in [0.25, 0.3) is 0 Å². The summed E-state index contributed by atoms with van der Waals surface area (Å²) >= 11 is 0. The second kappa shape index (κ2) is 8.60. The fourth-order valence-corrected chi connectivity index (χ4v) is 1.38. The van der Waals surface area contributed by atoms with Crippen LogP contribution >= 0.6 is 0 Å². The third-order valence-corrected chi connectivity index (χ3v) is 2.35. The van der Waals surface area contributed by atoms with Crippen LogP contribution in [0.3, 0.4) is 0 Å². The molecule has 0 bridgehead atoms. The standard InChI is InChI=1S/C11H18F3N5O2/c1-20-5-6-21-4-2-3-16-9-7-8(11(12,13)14)17-10(18-9)19-15/h7H,2-6,15H2,1H3,(H2,16,17,18,19). The molecular weight excluding hydrogens is 291 g/mol. The zero-order chi connectivity index (χ0) is 15.7. The van der Waals surface area contributed by atoms with Crippen molar-refractivity contribution in [2.24, 2.45) is 5.84 Å². The summed E-state index contributed by atoms with van der Waals surface area (Å²) in [5, 5.41) is 2.76. The summed E-state index contributed by atoms with van der Waals surface area (Å²) in [4.78, 5) is 7.04. The lowest BCUT2D eigenvalue weighted by Crippen LogP contribution is -2.17. The maximum Gasteiger partial charge on any atom is 0.433 e. The fourth-order valence-electron chi connectivity index (χ4n) is 1.38. The number of nitrogens with zero attached hydrogens (tertiary/aromatic N) is 2. The molecule has 0 saturated heterocycles. The van der Waals surface area contributed by atoms with Gasteiger partial charge in [0.15, 0.2) is 5.69 Å². The molecule has 1 rings (SSSR count). The molecule has 0 radical (unpaired) electrons. The van der Waals surface area contributed by atoms with E-state index in [1.807, 2.05) is 5.43 Å². The lowest BCUT2D eigenvalue weighted by molar-refractivity contribution is -0.141. The zero-order valence-electron chi connectivity index (χ0n) is 11.5. The molecule has 1 aromatic rings. The molecule has 0 aliphatic carbocycles. The Morgan fingerprint density at radius 2 is 2.00 bits per heavy atom. The molecule has 120 valence electrons. The van der Waals surface area contributed by atoms with Crippen LogP contribution in [0.2, 0.25) is 0 Å². The highest BCUT2D eigenvalue weighted by Crippen LogP contribution is 2.29. The van der Waals surface area contributed by atoms with Crippen LogP contribution in [-0.4, -0.2) is 43.4 Å². The highest BCUT2D eigenvalue weighted by molar-refractivity contribution is 5.42. The molecule has 0 amide bonds. The minimum absolute atomic E-state index is 0.0437. The van der Waals surface area contributed by atoms with Gasteiger partial charge in [0, 0.05) is 26.3 Å². The van der Waals surface area contributed by atoms with Crippen LogP contribution in [0.1, 0.15) is 12.1 Å². The first-order valence-electron chi connectivity index (χ1n) is 6.21. The number of rotatable bonds is 9. The lowest BCUT2D eigenvalue weighted by atomic mass is 10.3. The first-order chi connectivity index (χ1) is 9.97. The number of anilines is 2. The van der Waals surface area contributed by atoms with E-state index in [4.69, 9.17) is 15.3 Å². The Morgan fingerprint density at radius 1 is 1.24 bits per heavy atom. The third kappa shape index (κ3) is 6.56. The predicted molar refractivity (Wildman–Crippen MR) is 70.6 cm³/mol. The van der Waals surface area contributed by atoms with Crippen LogP contribution in [0.4, 0.5) is 24.9 Å². The first kappa shape index (κ1) is 17.4. The monoisotopic (exact) mass is 309 g/mol. The van der Waals surface area contributed by atoms with Crippen molar-refractivity contribution in [2.75, 3.05) is 44.2 Å². The summed E-state index contributed by atoms with van der Waals surface area (Å²) in [6, 6.07) is 0.826. The Labute approximate surface area is 120 Å². The van der Waals surface area contributed by atoms with Gasteiger partial charge in [-0.1, -0.05) is 0 Å². The molecule has 0 aromatic carbocycles. The molecule has 0 spiro atoms. The molecule has 0 aliphatic heterocycles. The highest BCUT2D eigenvalue weighted by atomic mass is 19.4. The van der Waals surface area contributed by atoms with Crippen molar-refractivity contribution in [1.29, 1.82) is 0 Å². The van der Waals surface area contributed by atoms with Crippen molar-refractivity contribution >= 4 is 11.8 Å². The van der Waals surface area contributed by atoms with E-state index >= 15 is 0 Å². The number of aromatic nitrogens is 2. The molecular formula is C11H18F3N5O2. The predicted octanol–water partition coefficient (Wildman–Crippen LogP) is 1.25. The Bertz CT molecular complexity index is 431. The normalized spacial score (nSPS) is 11.5. The van der Waals surface area contributed by atoms with Gasteiger partial charge in [-0.3, -0.25) is 5.43 Å². The average Bonchev–Trinajstić information content (AvgIpc) is 2.45. The topological polar surface area (TPSA) is 94.3 Å². The van der Waals surface area contributed by atoms with Gasteiger partial charge in [-0.2, -0.15) is 18.2 Å². The average molecular weight is 309 g/mol. The fraction of sp³-hybridized carbons (Fsp3) is 0.636. The van der Waals surface area contributed by atoms with Crippen molar-refractivity contribution in [3.63, 3.8) is 0 Å². The van der Waals surface area contributed by atoms with Crippen molar-refractivity contribution in [3.8, 4) is 0 Å². The Morgan fingerprint density at radius 3 is 2.62 bits per heavy atom. The highest BCUT2D eigenvalue weighted by Gasteiger charge is 2.33. The van der Waals surface area contributed by atoms with E-state index in [0.29, 0.717) is 32.8 Å². The summed E-state index contributed by atoms with van der Waals surface area (Å²) in [5.41, 5.74) is 0.938. The Balaban J connectivity index is 2.47. The maximum atomic E-state index is 12.6. The molecule has 1 aromatic heterocycles. The van der Waals surface area contributed by atoms with Crippen LogP contribution in [0.5, 0.6) is 0 Å². The summed E-state index contributed by atoms with van der Waals surface area (Å²) < 4.78 is 47.9. The number of nitrogens with one attached hydrogen (secondary N) is 2. The number of hydrazine groups is 1. The molecule has 0 unspecified atom stereocenters. The number of nitrogens with two attached hydrogens (primary N) is 1. The van der Waals surface area contributed by atoms with E-state index in [1.54, 1.807) is 7.11 Å². The maximum absolute atomic E-state index is 12.6. The number of alkyl halides is 3. The number of nitrogen functional groups attached to an aromatic ring is 1. The molecule has 4 N–H and O–H groups in total. The summed E-state index contributed by atoms with van der Waals surface area (Å²) in [6.07, 6.45) is -3.95. The first-order valence-corrected chi connectivity index (χ1v) is 6.21. The Hall–Kier alpha value is -1.65. The van der Waals surface area contributed by atoms with E-state index in [0.717, 1.165) is 6.07 Å². The van der Waals surface area contributed by atoms with Crippen molar-refractivity contribution < 1.29 is 22.6 Å². The van der Waals surface area contributed by atoms with E-state index < -0.39 is 11.9 Å². The molecule has 10 heteroatoms. The van der Waals surface area contributed by atoms with Crippen molar-refractivity contribution in [3.05, 3.63) is 11.8 Å².